The van der Waals surface area contributed by atoms with Gasteiger partial charge in [-0.1, -0.05) is 12.1 Å². The van der Waals surface area contributed by atoms with Crippen LogP contribution in [0.3, 0.4) is 0 Å². The lowest BCUT2D eigenvalue weighted by molar-refractivity contribution is 0.0420. The van der Waals surface area contributed by atoms with E-state index in [0.29, 0.717) is 31.5 Å². The molecule has 1 aromatic rings. The van der Waals surface area contributed by atoms with Gasteiger partial charge < -0.3 is 30.0 Å². The summed E-state index contributed by atoms with van der Waals surface area (Å²) in [4.78, 5) is 4.51. The predicted octanol–water partition coefficient (Wildman–Crippen LogP) is 2.27. The van der Waals surface area contributed by atoms with Crippen molar-refractivity contribution in [1.82, 2.24) is 10.6 Å². The van der Waals surface area contributed by atoms with Gasteiger partial charge in [0.2, 0.25) is 0 Å². The van der Waals surface area contributed by atoms with Crippen molar-refractivity contribution in [2.75, 3.05) is 40.0 Å². The molecule has 0 amide bonds. The molecule has 1 atom stereocenters. The lowest BCUT2D eigenvalue weighted by atomic mass is 10.2. The topological polar surface area (TPSA) is 84.3 Å². The number of aromatic hydroxyl groups is 1. The lowest BCUT2D eigenvalue weighted by Crippen LogP contribution is -2.38. The molecule has 0 aliphatic carbocycles. The van der Waals surface area contributed by atoms with E-state index in [-0.39, 0.29) is 35.8 Å². The molecule has 1 heterocycles. The highest BCUT2D eigenvalue weighted by atomic mass is 127. The maximum atomic E-state index is 10.1. The number of phenols is 1. The first-order valence-corrected chi connectivity index (χ1v) is 8.81. The minimum absolute atomic E-state index is 0. The molecule has 1 saturated heterocycles. The zero-order valence-corrected chi connectivity index (χ0v) is 17.8. The number of rotatable bonds is 9. The molecule has 26 heavy (non-hydrogen) atoms. The van der Waals surface area contributed by atoms with Gasteiger partial charge in [-0.15, -0.1) is 24.0 Å². The van der Waals surface area contributed by atoms with E-state index in [1.165, 1.54) is 7.11 Å². The van der Waals surface area contributed by atoms with Gasteiger partial charge >= 0.3 is 0 Å². The van der Waals surface area contributed by atoms with E-state index in [1.807, 2.05) is 19.1 Å². The largest absolute Gasteiger partial charge is 0.504 e. The van der Waals surface area contributed by atoms with Crippen LogP contribution in [0.1, 0.15) is 25.3 Å². The summed E-state index contributed by atoms with van der Waals surface area (Å²) < 4.78 is 16.1. The molecule has 0 spiro atoms. The number of phenolic OH excluding ortho intramolecular Hbond substituents is 1. The number of hydrogen-bond donors (Lipinski definition) is 3. The average molecular weight is 479 g/mol. The van der Waals surface area contributed by atoms with E-state index >= 15 is 0 Å². The molecule has 1 unspecified atom stereocenters. The Morgan fingerprint density at radius 1 is 1.38 bits per heavy atom. The number of methoxy groups -OCH3 is 1. The summed E-state index contributed by atoms with van der Waals surface area (Å²) in [5.74, 6) is 1.31. The van der Waals surface area contributed by atoms with E-state index in [4.69, 9.17) is 14.2 Å². The maximum Gasteiger partial charge on any atom is 0.191 e. The minimum Gasteiger partial charge on any atom is -0.504 e. The Labute approximate surface area is 172 Å². The predicted molar refractivity (Wildman–Crippen MR) is 113 cm³/mol. The lowest BCUT2D eigenvalue weighted by Gasteiger charge is -2.13. The fourth-order valence-electron chi connectivity index (χ4n) is 2.54. The summed E-state index contributed by atoms with van der Waals surface area (Å²) in [7, 11) is 1.54. The summed E-state index contributed by atoms with van der Waals surface area (Å²) in [6, 6.07) is 5.40. The van der Waals surface area contributed by atoms with Crippen LogP contribution < -0.4 is 15.4 Å². The van der Waals surface area contributed by atoms with Crippen LogP contribution in [0.4, 0.5) is 0 Å². The van der Waals surface area contributed by atoms with Gasteiger partial charge in [0.05, 0.1) is 26.4 Å². The minimum atomic E-state index is 0. The van der Waals surface area contributed by atoms with Crippen molar-refractivity contribution in [1.29, 1.82) is 0 Å². The van der Waals surface area contributed by atoms with Gasteiger partial charge in [-0.2, -0.15) is 0 Å². The van der Waals surface area contributed by atoms with Crippen molar-refractivity contribution in [2.24, 2.45) is 4.99 Å². The third-order valence-corrected chi connectivity index (χ3v) is 3.91. The fraction of sp³-hybridized carbons (Fsp3) is 0.611. The second kappa shape index (κ2) is 13.0. The van der Waals surface area contributed by atoms with Crippen molar-refractivity contribution in [3.63, 3.8) is 0 Å². The molecule has 1 aromatic carbocycles. The van der Waals surface area contributed by atoms with Crippen molar-refractivity contribution in [2.45, 2.75) is 32.4 Å². The second-order valence-electron chi connectivity index (χ2n) is 5.80. The zero-order valence-electron chi connectivity index (χ0n) is 15.5. The van der Waals surface area contributed by atoms with Gasteiger partial charge in [-0.3, -0.25) is 0 Å². The highest BCUT2D eigenvalue weighted by Crippen LogP contribution is 2.29. The highest BCUT2D eigenvalue weighted by molar-refractivity contribution is 14.0. The van der Waals surface area contributed by atoms with Crippen molar-refractivity contribution < 1.29 is 19.3 Å². The van der Waals surface area contributed by atoms with Crippen LogP contribution >= 0.6 is 24.0 Å². The molecular formula is C18H30IN3O4. The number of halogens is 1. The number of nitrogens with zero attached hydrogens (tertiary/aromatic N) is 1. The molecule has 3 N–H and O–H groups in total. The molecule has 0 radical (unpaired) electrons. The number of nitrogens with one attached hydrogen (secondary N) is 2. The smallest absolute Gasteiger partial charge is 0.191 e. The number of benzene rings is 1. The second-order valence-corrected chi connectivity index (χ2v) is 5.80. The van der Waals surface area contributed by atoms with Gasteiger partial charge in [-0.05, 0) is 25.8 Å². The number of guanidine groups is 1. The molecule has 1 aliphatic heterocycles. The highest BCUT2D eigenvalue weighted by Gasteiger charge is 2.15. The van der Waals surface area contributed by atoms with Crippen molar-refractivity contribution in [3.05, 3.63) is 23.8 Å². The Hall–Kier alpha value is -1.26. The first-order chi connectivity index (χ1) is 12.2. The van der Waals surface area contributed by atoms with Crippen molar-refractivity contribution in [3.8, 4) is 11.5 Å². The molecule has 0 bridgehead atoms. The summed E-state index contributed by atoms with van der Waals surface area (Å²) in [6.45, 7) is 6.14. The normalized spacial score (nSPS) is 16.8. The number of ether oxygens (including phenoxy) is 3. The molecule has 0 aromatic heterocycles. The first kappa shape index (κ1) is 22.8. The summed E-state index contributed by atoms with van der Waals surface area (Å²) in [5, 5.41) is 16.6. The van der Waals surface area contributed by atoms with Crippen LogP contribution in [-0.2, 0) is 16.0 Å². The molecule has 0 saturated carbocycles. The SMILES string of the molecule is CCNC(=NCc1cccc(OC)c1O)NCCCOC1CCOC1.I. The van der Waals surface area contributed by atoms with E-state index in [0.717, 1.165) is 38.1 Å². The van der Waals surface area contributed by atoms with Gasteiger partial charge in [-0.25, -0.2) is 4.99 Å². The van der Waals surface area contributed by atoms with Gasteiger partial charge in [0.15, 0.2) is 17.5 Å². The van der Waals surface area contributed by atoms with Gasteiger partial charge in [0.25, 0.3) is 0 Å². The molecule has 8 heteroatoms. The average Bonchev–Trinajstić information content (AvgIpc) is 3.13. The first-order valence-electron chi connectivity index (χ1n) is 8.81. The quantitative estimate of drug-likeness (QED) is 0.218. The Morgan fingerprint density at radius 2 is 2.23 bits per heavy atom. The van der Waals surface area contributed by atoms with E-state index in [2.05, 4.69) is 15.6 Å². The number of aliphatic imine (C=N–C) groups is 1. The Balaban J connectivity index is 0.00000338. The Kier molecular flexibility index (Phi) is 11.4. The zero-order chi connectivity index (χ0) is 17.9. The van der Waals surface area contributed by atoms with Crippen LogP contribution in [0.2, 0.25) is 0 Å². The Morgan fingerprint density at radius 3 is 2.92 bits per heavy atom. The van der Waals surface area contributed by atoms with Gasteiger partial charge in [0.1, 0.15) is 0 Å². The van der Waals surface area contributed by atoms with Crippen LogP contribution in [0.15, 0.2) is 23.2 Å². The van der Waals surface area contributed by atoms with Gasteiger partial charge in [0, 0.05) is 31.9 Å². The maximum absolute atomic E-state index is 10.1. The molecule has 7 nitrogen and oxygen atoms in total. The molecule has 1 fully saturated rings. The number of hydrogen-bond acceptors (Lipinski definition) is 5. The molecule has 1 aliphatic rings. The van der Waals surface area contributed by atoms with Crippen LogP contribution in [0.5, 0.6) is 11.5 Å². The van der Waals surface area contributed by atoms with Crippen LogP contribution in [0, 0.1) is 0 Å². The van der Waals surface area contributed by atoms with E-state index in [1.54, 1.807) is 6.07 Å². The van der Waals surface area contributed by atoms with E-state index in [9.17, 15) is 5.11 Å². The standard InChI is InChI=1S/C18H29N3O4.HI/c1-3-19-18(20-9-5-10-25-15-8-11-24-13-15)21-12-14-6-4-7-16(23-2)17(14)22;/h4,6-7,15,22H,3,5,8-13H2,1-2H3,(H2,19,20,21);1H. The third kappa shape index (κ3) is 7.55. The van der Waals surface area contributed by atoms with Crippen LogP contribution in [0.25, 0.3) is 0 Å². The molecule has 148 valence electrons. The summed E-state index contributed by atoms with van der Waals surface area (Å²) in [6.07, 6.45) is 2.13. The van der Waals surface area contributed by atoms with Crippen LogP contribution in [-0.4, -0.2) is 57.2 Å². The monoisotopic (exact) mass is 479 g/mol. The molecular weight excluding hydrogens is 449 g/mol. The molecule has 2 rings (SSSR count). The summed E-state index contributed by atoms with van der Waals surface area (Å²) >= 11 is 0. The Bertz CT molecular complexity index is 551. The third-order valence-electron chi connectivity index (χ3n) is 3.91. The summed E-state index contributed by atoms with van der Waals surface area (Å²) in [5.41, 5.74) is 0.723. The number of para-hydroxylation sites is 1. The fourth-order valence-corrected chi connectivity index (χ4v) is 2.54. The van der Waals surface area contributed by atoms with E-state index < -0.39 is 0 Å². The van der Waals surface area contributed by atoms with Crippen molar-refractivity contribution >= 4 is 29.9 Å².